The predicted octanol–water partition coefficient (Wildman–Crippen LogP) is 2.63. The minimum atomic E-state index is 0.178. The molecule has 1 saturated heterocycles. The van der Waals surface area contributed by atoms with Gasteiger partial charge in [0.1, 0.15) is 0 Å². The van der Waals surface area contributed by atoms with E-state index in [4.69, 9.17) is 11.6 Å². The second-order valence-corrected chi connectivity index (χ2v) is 5.81. The number of halogens is 1. The van der Waals surface area contributed by atoms with Gasteiger partial charge in [-0.25, -0.2) is 0 Å². The van der Waals surface area contributed by atoms with Crippen LogP contribution in [0.25, 0.3) is 0 Å². The van der Waals surface area contributed by atoms with Gasteiger partial charge >= 0.3 is 0 Å². The van der Waals surface area contributed by atoms with Crippen LogP contribution in [0.1, 0.15) is 5.56 Å². The fraction of sp³-hybridized carbons (Fsp3) is 0.294. The molecular weight excluding hydrogens is 298 g/mol. The Bertz CT molecular complexity index is 622. The van der Waals surface area contributed by atoms with Crippen molar-refractivity contribution in [2.45, 2.75) is 6.42 Å². The van der Waals surface area contributed by atoms with E-state index < -0.39 is 0 Å². The molecule has 0 aliphatic carbocycles. The number of nitrogens with zero attached hydrogens (tertiary/aromatic N) is 3. The summed E-state index contributed by atoms with van der Waals surface area (Å²) in [6.45, 7) is 3.23. The van der Waals surface area contributed by atoms with Crippen molar-refractivity contribution in [3.63, 3.8) is 0 Å². The van der Waals surface area contributed by atoms with Gasteiger partial charge in [-0.15, -0.1) is 0 Å². The van der Waals surface area contributed by atoms with Gasteiger partial charge in [0.2, 0.25) is 5.91 Å². The van der Waals surface area contributed by atoms with Crippen molar-refractivity contribution in [3.05, 3.63) is 59.4 Å². The van der Waals surface area contributed by atoms with Crippen LogP contribution in [0, 0.1) is 0 Å². The molecule has 0 saturated carbocycles. The lowest BCUT2D eigenvalue weighted by molar-refractivity contribution is -0.130. The van der Waals surface area contributed by atoms with Crippen LogP contribution in [0.3, 0.4) is 0 Å². The van der Waals surface area contributed by atoms with Gasteiger partial charge in [0, 0.05) is 49.3 Å². The summed E-state index contributed by atoms with van der Waals surface area (Å²) in [6.07, 6.45) is 4.03. The third-order valence-electron chi connectivity index (χ3n) is 3.93. The zero-order valence-corrected chi connectivity index (χ0v) is 13.0. The predicted molar refractivity (Wildman–Crippen MR) is 88.2 cm³/mol. The van der Waals surface area contributed by atoms with Crippen LogP contribution in [0.5, 0.6) is 0 Å². The normalized spacial score (nSPS) is 15.0. The van der Waals surface area contributed by atoms with Crippen molar-refractivity contribution in [1.82, 2.24) is 9.88 Å². The Morgan fingerprint density at radius 2 is 1.64 bits per heavy atom. The molecule has 0 bridgehead atoms. The van der Waals surface area contributed by atoms with Crippen LogP contribution < -0.4 is 4.90 Å². The van der Waals surface area contributed by atoms with Crippen molar-refractivity contribution in [1.29, 1.82) is 0 Å². The average Bonchev–Trinajstić information content (AvgIpc) is 2.58. The van der Waals surface area contributed by atoms with Crippen LogP contribution in [0.15, 0.2) is 48.8 Å². The van der Waals surface area contributed by atoms with E-state index >= 15 is 0 Å². The molecule has 5 heteroatoms. The lowest BCUT2D eigenvalue weighted by atomic mass is 10.1. The smallest absolute Gasteiger partial charge is 0.227 e. The molecule has 0 radical (unpaired) electrons. The first kappa shape index (κ1) is 14.9. The Labute approximate surface area is 135 Å². The lowest BCUT2D eigenvalue weighted by Gasteiger charge is -2.36. The van der Waals surface area contributed by atoms with E-state index in [1.165, 1.54) is 5.69 Å². The van der Waals surface area contributed by atoms with E-state index in [1.807, 2.05) is 41.3 Å². The minimum Gasteiger partial charge on any atom is -0.368 e. The number of anilines is 1. The summed E-state index contributed by atoms with van der Waals surface area (Å²) in [4.78, 5) is 20.6. The molecule has 1 amide bonds. The molecule has 1 aromatic carbocycles. The number of aromatic nitrogens is 1. The molecule has 114 valence electrons. The van der Waals surface area contributed by atoms with E-state index in [0.717, 1.165) is 31.7 Å². The standard InChI is InChI=1S/C17H18ClN3O/c18-15-3-1-14(2-4-15)13-17(22)21-11-9-20(10-12-21)16-5-7-19-8-6-16/h1-8H,9-13H2. The van der Waals surface area contributed by atoms with Crippen molar-refractivity contribution in [3.8, 4) is 0 Å². The molecule has 2 aromatic rings. The molecule has 0 atom stereocenters. The number of carbonyl (C=O) groups is 1. The number of amides is 1. The average molecular weight is 316 g/mol. The molecule has 1 aliphatic rings. The van der Waals surface area contributed by atoms with Crippen molar-refractivity contribution in [2.24, 2.45) is 0 Å². The maximum absolute atomic E-state index is 12.4. The fourth-order valence-electron chi connectivity index (χ4n) is 2.66. The number of pyridine rings is 1. The Hall–Kier alpha value is -2.07. The molecule has 4 nitrogen and oxygen atoms in total. The Morgan fingerprint density at radius 3 is 2.27 bits per heavy atom. The van der Waals surface area contributed by atoms with Crippen molar-refractivity contribution in [2.75, 3.05) is 31.1 Å². The van der Waals surface area contributed by atoms with E-state index in [1.54, 1.807) is 12.4 Å². The highest BCUT2D eigenvalue weighted by Gasteiger charge is 2.21. The second kappa shape index (κ2) is 6.79. The number of hydrogen-bond acceptors (Lipinski definition) is 3. The van der Waals surface area contributed by atoms with Crippen LogP contribution in [0.2, 0.25) is 5.02 Å². The summed E-state index contributed by atoms with van der Waals surface area (Å²) < 4.78 is 0. The number of piperazine rings is 1. The van der Waals surface area contributed by atoms with E-state index in [0.29, 0.717) is 11.4 Å². The van der Waals surface area contributed by atoms with E-state index in [9.17, 15) is 4.79 Å². The molecule has 3 rings (SSSR count). The van der Waals surface area contributed by atoms with Crippen molar-refractivity contribution < 1.29 is 4.79 Å². The first-order valence-electron chi connectivity index (χ1n) is 7.39. The summed E-state index contributed by atoms with van der Waals surface area (Å²) in [7, 11) is 0. The minimum absolute atomic E-state index is 0.178. The summed E-state index contributed by atoms with van der Waals surface area (Å²) >= 11 is 5.87. The lowest BCUT2D eigenvalue weighted by Crippen LogP contribution is -2.49. The van der Waals surface area contributed by atoms with Crippen LogP contribution in [-0.2, 0) is 11.2 Å². The molecule has 22 heavy (non-hydrogen) atoms. The monoisotopic (exact) mass is 315 g/mol. The molecule has 1 aliphatic heterocycles. The Morgan fingerprint density at radius 1 is 1.00 bits per heavy atom. The van der Waals surface area contributed by atoms with Gasteiger partial charge in [-0.3, -0.25) is 9.78 Å². The van der Waals surface area contributed by atoms with Gasteiger partial charge in [-0.2, -0.15) is 0 Å². The Balaban J connectivity index is 1.54. The molecule has 0 unspecified atom stereocenters. The summed E-state index contributed by atoms with van der Waals surface area (Å²) in [5, 5.41) is 0.696. The fourth-order valence-corrected chi connectivity index (χ4v) is 2.78. The largest absolute Gasteiger partial charge is 0.368 e. The van der Waals surface area contributed by atoms with E-state index in [2.05, 4.69) is 9.88 Å². The van der Waals surface area contributed by atoms with E-state index in [-0.39, 0.29) is 5.91 Å². The number of benzene rings is 1. The highest BCUT2D eigenvalue weighted by Crippen LogP contribution is 2.16. The maximum atomic E-state index is 12.4. The number of rotatable bonds is 3. The first-order valence-corrected chi connectivity index (χ1v) is 7.77. The maximum Gasteiger partial charge on any atom is 0.227 e. The topological polar surface area (TPSA) is 36.4 Å². The SMILES string of the molecule is O=C(Cc1ccc(Cl)cc1)N1CCN(c2ccncc2)CC1. The molecule has 1 aromatic heterocycles. The Kier molecular flexibility index (Phi) is 4.59. The van der Waals surface area contributed by atoms with Crippen LogP contribution in [0.4, 0.5) is 5.69 Å². The molecule has 2 heterocycles. The van der Waals surface area contributed by atoms with Gasteiger partial charge in [-0.05, 0) is 29.8 Å². The second-order valence-electron chi connectivity index (χ2n) is 5.38. The highest BCUT2D eigenvalue weighted by atomic mass is 35.5. The van der Waals surface area contributed by atoms with Gasteiger partial charge in [0.15, 0.2) is 0 Å². The van der Waals surface area contributed by atoms with Crippen molar-refractivity contribution >= 4 is 23.2 Å². The van der Waals surface area contributed by atoms with Gasteiger partial charge in [-0.1, -0.05) is 23.7 Å². The number of hydrogen-bond donors (Lipinski definition) is 0. The molecule has 0 N–H and O–H groups in total. The third-order valence-corrected chi connectivity index (χ3v) is 4.18. The quantitative estimate of drug-likeness (QED) is 0.873. The molecule has 0 spiro atoms. The third kappa shape index (κ3) is 3.57. The van der Waals surface area contributed by atoms with Gasteiger partial charge in [0.05, 0.1) is 6.42 Å². The van der Waals surface area contributed by atoms with Crippen LogP contribution >= 0.6 is 11.6 Å². The van der Waals surface area contributed by atoms with Gasteiger partial charge < -0.3 is 9.80 Å². The number of carbonyl (C=O) groups excluding carboxylic acids is 1. The highest BCUT2D eigenvalue weighted by molar-refractivity contribution is 6.30. The first-order chi connectivity index (χ1) is 10.7. The summed E-state index contributed by atoms with van der Waals surface area (Å²) in [6, 6.07) is 11.5. The zero-order chi connectivity index (χ0) is 15.4. The summed E-state index contributed by atoms with van der Waals surface area (Å²) in [5.41, 5.74) is 2.17. The van der Waals surface area contributed by atoms with Crippen LogP contribution in [-0.4, -0.2) is 42.0 Å². The summed E-state index contributed by atoms with van der Waals surface area (Å²) in [5.74, 6) is 0.178. The van der Waals surface area contributed by atoms with Gasteiger partial charge in [0.25, 0.3) is 0 Å². The molecule has 1 fully saturated rings. The molecular formula is C17H18ClN3O. The zero-order valence-electron chi connectivity index (χ0n) is 12.3.